The number of halogens is 3. The van der Waals surface area contributed by atoms with Crippen molar-refractivity contribution < 1.29 is 13.2 Å². The van der Waals surface area contributed by atoms with Crippen LogP contribution >= 0.6 is 11.8 Å². The minimum atomic E-state index is -4.37. The van der Waals surface area contributed by atoms with Gasteiger partial charge in [-0.15, -0.1) is 10.2 Å². The SMILES string of the molecule is FC(F)(F)c1ccccc1CSc1nnc(-c2ccccc2)c2ccccc12. The van der Waals surface area contributed by atoms with E-state index in [2.05, 4.69) is 10.2 Å². The van der Waals surface area contributed by atoms with Crippen LogP contribution in [0.3, 0.4) is 0 Å². The Morgan fingerprint density at radius 1 is 0.714 bits per heavy atom. The molecule has 0 aliphatic heterocycles. The van der Waals surface area contributed by atoms with Gasteiger partial charge in [0.15, 0.2) is 0 Å². The van der Waals surface area contributed by atoms with Gasteiger partial charge in [-0.2, -0.15) is 13.2 Å². The highest BCUT2D eigenvalue weighted by Crippen LogP contribution is 2.36. The summed E-state index contributed by atoms with van der Waals surface area (Å²) < 4.78 is 39.7. The van der Waals surface area contributed by atoms with E-state index in [1.807, 2.05) is 54.6 Å². The standard InChI is InChI=1S/C22H15F3N2S/c23-22(24,25)19-13-7-4-10-16(19)14-28-21-18-12-6-5-11-17(18)20(26-27-21)15-8-2-1-3-9-15/h1-13H,14H2. The Morgan fingerprint density at radius 3 is 2.11 bits per heavy atom. The zero-order valence-electron chi connectivity index (χ0n) is 14.6. The molecule has 0 atom stereocenters. The number of nitrogens with zero attached hydrogens (tertiary/aromatic N) is 2. The van der Waals surface area contributed by atoms with E-state index in [-0.39, 0.29) is 11.3 Å². The zero-order chi connectivity index (χ0) is 19.6. The molecule has 2 nitrogen and oxygen atoms in total. The van der Waals surface area contributed by atoms with Crippen molar-refractivity contribution in [3.05, 3.63) is 90.0 Å². The molecule has 1 heterocycles. The van der Waals surface area contributed by atoms with Crippen LogP contribution in [0, 0.1) is 0 Å². The van der Waals surface area contributed by atoms with E-state index in [1.54, 1.807) is 6.07 Å². The van der Waals surface area contributed by atoms with Gasteiger partial charge in [-0.3, -0.25) is 0 Å². The first-order chi connectivity index (χ1) is 13.5. The lowest BCUT2D eigenvalue weighted by atomic mass is 10.1. The average Bonchev–Trinajstić information content (AvgIpc) is 2.72. The van der Waals surface area contributed by atoms with Crippen molar-refractivity contribution in [1.82, 2.24) is 10.2 Å². The van der Waals surface area contributed by atoms with Crippen LogP contribution in [0.4, 0.5) is 13.2 Å². The largest absolute Gasteiger partial charge is 0.416 e. The summed E-state index contributed by atoms with van der Waals surface area (Å²) in [6.45, 7) is 0. The summed E-state index contributed by atoms with van der Waals surface area (Å²) in [6.07, 6.45) is -4.37. The highest BCUT2D eigenvalue weighted by atomic mass is 32.2. The van der Waals surface area contributed by atoms with Gasteiger partial charge in [0, 0.05) is 22.1 Å². The van der Waals surface area contributed by atoms with Gasteiger partial charge in [0.25, 0.3) is 0 Å². The Bertz CT molecular complexity index is 1110. The fraction of sp³-hybridized carbons (Fsp3) is 0.0909. The predicted octanol–water partition coefficient (Wildman–Crippen LogP) is 6.61. The van der Waals surface area contributed by atoms with Crippen molar-refractivity contribution >= 4 is 22.5 Å². The van der Waals surface area contributed by atoms with Crippen molar-refractivity contribution in [1.29, 1.82) is 0 Å². The van der Waals surface area contributed by atoms with Crippen molar-refractivity contribution in [2.24, 2.45) is 0 Å². The van der Waals surface area contributed by atoms with Gasteiger partial charge in [0.1, 0.15) is 10.7 Å². The molecule has 0 N–H and O–H groups in total. The van der Waals surface area contributed by atoms with Gasteiger partial charge in [-0.25, -0.2) is 0 Å². The molecule has 0 fully saturated rings. The molecule has 0 unspecified atom stereocenters. The monoisotopic (exact) mass is 396 g/mol. The van der Waals surface area contributed by atoms with Crippen molar-refractivity contribution in [3.8, 4) is 11.3 Å². The summed E-state index contributed by atoms with van der Waals surface area (Å²) in [5.41, 5.74) is 1.33. The van der Waals surface area contributed by atoms with Crippen molar-refractivity contribution in [3.63, 3.8) is 0 Å². The van der Waals surface area contributed by atoms with E-state index in [0.29, 0.717) is 5.03 Å². The lowest BCUT2D eigenvalue weighted by Crippen LogP contribution is -2.08. The molecular weight excluding hydrogens is 381 g/mol. The molecule has 0 amide bonds. The van der Waals surface area contributed by atoms with E-state index >= 15 is 0 Å². The number of aromatic nitrogens is 2. The third kappa shape index (κ3) is 3.73. The van der Waals surface area contributed by atoms with Gasteiger partial charge in [-0.05, 0) is 11.6 Å². The summed E-state index contributed by atoms with van der Waals surface area (Å²) >= 11 is 1.26. The summed E-state index contributed by atoms with van der Waals surface area (Å²) in [5, 5.41) is 11.1. The van der Waals surface area contributed by atoms with Crippen LogP contribution in [0.5, 0.6) is 0 Å². The summed E-state index contributed by atoms with van der Waals surface area (Å²) in [5.74, 6) is 0.166. The van der Waals surface area contributed by atoms with Gasteiger partial charge in [-0.1, -0.05) is 84.6 Å². The number of alkyl halides is 3. The Labute approximate surface area is 164 Å². The lowest BCUT2D eigenvalue weighted by Gasteiger charge is -2.13. The molecule has 28 heavy (non-hydrogen) atoms. The van der Waals surface area contributed by atoms with Gasteiger partial charge < -0.3 is 0 Å². The van der Waals surface area contributed by atoms with E-state index in [0.717, 1.165) is 28.1 Å². The Hall–Kier alpha value is -2.86. The quantitative estimate of drug-likeness (QED) is 0.363. The molecule has 3 aromatic carbocycles. The van der Waals surface area contributed by atoms with E-state index < -0.39 is 11.7 Å². The molecule has 0 bridgehead atoms. The topological polar surface area (TPSA) is 25.8 Å². The van der Waals surface area contributed by atoms with Crippen molar-refractivity contribution in [2.75, 3.05) is 0 Å². The fourth-order valence-electron chi connectivity index (χ4n) is 3.06. The minimum absolute atomic E-state index is 0.166. The first-order valence-electron chi connectivity index (χ1n) is 8.63. The van der Waals surface area contributed by atoms with Gasteiger partial charge >= 0.3 is 6.18 Å². The average molecular weight is 396 g/mol. The number of hydrogen-bond acceptors (Lipinski definition) is 3. The maximum atomic E-state index is 13.2. The summed E-state index contributed by atoms with van der Waals surface area (Å²) in [4.78, 5) is 0. The normalized spacial score (nSPS) is 11.7. The molecule has 0 saturated carbocycles. The smallest absolute Gasteiger partial charge is 0.166 e. The molecular formula is C22H15F3N2S. The Kier molecular flexibility index (Phi) is 5.05. The first kappa shape index (κ1) is 18.5. The number of hydrogen-bond donors (Lipinski definition) is 0. The molecule has 0 radical (unpaired) electrons. The van der Waals surface area contributed by atoms with Crippen LogP contribution in [-0.4, -0.2) is 10.2 Å². The lowest BCUT2D eigenvalue weighted by molar-refractivity contribution is -0.138. The minimum Gasteiger partial charge on any atom is -0.166 e. The maximum Gasteiger partial charge on any atom is 0.416 e. The van der Waals surface area contributed by atoms with Crippen LogP contribution in [0.15, 0.2) is 83.9 Å². The number of fused-ring (bicyclic) bond motifs is 1. The predicted molar refractivity (Wildman–Crippen MR) is 106 cm³/mol. The molecule has 1 aromatic heterocycles. The molecule has 0 spiro atoms. The Morgan fingerprint density at radius 2 is 1.36 bits per heavy atom. The van der Waals surface area contributed by atoms with Crippen molar-refractivity contribution in [2.45, 2.75) is 17.0 Å². The second-order valence-corrected chi connectivity index (χ2v) is 7.17. The zero-order valence-corrected chi connectivity index (χ0v) is 15.5. The summed E-state index contributed by atoms with van der Waals surface area (Å²) in [7, 11) is 0. The van der Waals surface area contributed by atoms with E-state index in [9.17, 15) is 13.2 Å². The molecule has 0 aliphatic rings. The maximum absolute atomic E-state index is 13.2. The van der Waals surface area contributed by atoms with Crippen LogP contribution in [0.1, 0.15) is 11.1 Å². The second-order valence-electron chi connectivity index (χ2n) is 6.21. The highest BCUT2D eigenvalue weighted by Gasteiger charge is 2.32. The molecule has 4 aromatic rings. The number of rotatable bonds is 4. The fourth-order valence-corrected chi connectivity index (χ4v) is 4.04. The molecule has 4 rings (SSSR count). The second kappa shape index (κ2) is 7.64. The Balaban J connectivity index is 1.70. The molecule has 0 saturated heterocycles. The van der Waals surface area contributed by atoms with E-state index in [4.69, 9.17) is 0 Å². The van der Waals surface area contributed by atoms with E-state index in [1.165, 1.54) is 23.9 Å². The van der Waals surface area contributed by atoms with Crippen LogP contribution in [0.25, 0.3) is 22.0 Å². The first-order valence-corrected chi connectivity index (χ1v) is 9.61. The molecule has 6 heteroatoms. The molecule has 0 aliphatic carbocycles. The van der Waals surface area contributed by atoms with Gasteiger partial charge in [0.2, 0.25) is 0 Å². The number of thioether (sulfide) groups is 1. The van der Waals surface area contributed by atoms with Crippen LogP contribution in [0.2, 0.25) is 0 Å². The van der Waals surface area contributed by atoms with Gasteiger partial charge in [0.05, 0.1) is 5.56 Å². The number of benzene rings is 3. The third-order valence-electron chi connectivity index (χ3n) is 4.39. The van der Waals surface area contributed by atoms with Crippen LogP contribution < -0.4 is 0 Å². The summed E-state index contributed by atoms with van der Waals surface area (Å²) in [6, 6.07) is 23.1. The van der Waals surface area contributed by atoms with Crippen LogP contribution in [-0.2, 0) is 11.9 Å². The third-order valence-corrected chi connectivity index (χ3v) is 5.42. The highest BCUT2D eigenvalue weighted by molar-refractivity contribution is 7.98. The molecule has 140 valence electrons.